The lowest BCUT2D eigenvalue weighted by atomic mass is 10.1. The predicted molar refractivity (Wildman–Crippen MR) is 70.0 cm³/mol. The van der Waals surface area contributed by atoms with Crippen LogP contribution in [-0.4, -0.2) is 0 Å². The van der Waals surface area contributed by atoms with Gasteiger partial charge in [0.2, 0.25) is 0 Å². The van der Waals surface area contributed by atoms with Crippen molar-refractivity contribution in [3.8, 4) is 6.07 Å². The number of nitrogens with zero attached hydrogens (tertiary/aromatic N) is 1. The maximum Gasteiger partial charge on any atom is 0.418 e. The predicted octanol–water partition coefficient (Wildman–Crippen LogP) is 4.79. The van der Waals surface area contributed by atoms with Gasteiger partial charge in [-0.05, 0) is 24.3 Å². The number of alkyl halides is 3. The van der Waals surface area contributed by atoms with Crippen LogP contribution in [0.4, 0.5) is 24.5 Å². The van der Waals surface area contributed by atoms with Crippen LogP contribution >= 0.6 is 11.8 Å². The Hall–Kier alpha value is -2.13. The first-order valence-corrected chi connectivity index (χ1v) is 6.50. The van der Waals surface area contributed by atoms with Gasteiger partial charge in [0.1, 0.15) is 0 Å². The Balaban J connectivity index is 2.20. The molecule has 0 bridgehead atoms. The minimum absolute atomic E-state index is 0.00440. The molecule has 0 saturated carbocycles. The van der Waals surface area contributed by atoms with Crippen molar-refractivity contribution >= 4 is 23.1 Å². The molecule has 0 amide bonds. The number of para-hydroxylation sites is 1. The zero-order valence-electron chi connectivity index (χ0n) is 9.95. The molecule has 0 fully saturated rings. The van der Waals surface area contributed by atoms with E-state index in [1.54, 1.807) is 18.2 Å². The fourth-order valence-corrected chi connectivity index (χ4v) is 3.09. The van der Waals surface area contributed by atoms with Gasteiger partial charge in [-0.2, -0.15) is 18.4 Å². The van der Waals surface area contributed by atoms with Crippen LogP contribution in [-0.2, 0) is 6.18 Å². The fourth-order valence-electron chi connectivity index (χ4n) is 2.03. The van der Waals surface area contributed by atoms with E-state index in [0.717, 1.165) is 11.0 Å². The molecule has 1 aliphatic heterocycles. The summed E-state index contributed by atoms with van der Waals surface area (Å²) in [4.78, 5) is 1.25. The lowest BCUT2D eigenvalue weighted by Crippen LogP contribution is -2.12. The molecule has 1 N–H and O–H groups in total. The van der Waals surface area contributed by atoms with Crippen molar-refractivity contribution in [3.63, 3.8) is 0 Å². The summed E-state index contributed by atoms with van der Waals surface area (Å²) in [6.07, 6.45) is -4.50. The van der Waals surface area contributed by atoms with Crippen LogP contribution in [0.1, 0.15) is 11.1 Å². The molecular formula is C14H7F3N2S. The minimum atomic E-state index is -4.50. The van der Waals surface area contributed by atoms with E-state index < -0.39 is 11.7 Å². The number of nitrogens with one attached hydrogen (secondary N) is 1. The van der Waals surface area contributed by atoms with E-state index in [4.69, 9.17) is 5.26 Å². The summed E-state index contributed by atoms with van der Waals surface area (Å²) < 4.78 is 39.3. The average molecular weight is 292 g/mol. The molecule has 100 valence electrons. The fraction of sp³-hybridized carbons (Fsp3) is 0.0714. The molecule has 0 aliphatic carbocycles. The zero-order chi connectivity index (χ0) is 14.3. The highest BCUT2D eigenvalue weighted by Crippen LogP contribution is 2.49. The smallest absolute Gasteiger partial charge is 0.353 e. The van der Waals surface area contributed by atoms with Crippen LogP contribution in [0.5, 0.6) is 0 Å². The van der Waals surface area contributed by atoms with Crippen LogP contribution in [0.2, 0.25) is 0 Å². The van der Waals surface area contributed by atoms with Crippen molar-refractivity contribution in [1.82, 2.24) is 0 Å². The monoisotopic (exact) mass is 292 g/mol. The summed E-state index contributed by atoms with van der Waals surface area (Å²) in [5.41, 5.74) is -0.154. The molecule has 20 heavy (non-hydrogen) atoms. The molecule has 0 atom stereocenters. The number of rotatable bonds is 0. The number of hydrogen-bond donors (Lipinski definition) is 1. The van der Waals surface area contributed by atoms with Crippen LogP contribution in [0.25, 0.3) is 0 Å². The normalized spacial score (nSPS) is 12.9. The van der Waals surface area contributed by atoms with Crippen molar-refractivity contribution in [2.24, 2.45) is 0 Å². The van der Waals surface area contributed by atoms with E-state index in [1.807, 2.05) is 12.1 Å². The number of hydrogen-bond acceptors (Lipinski definition) is 3. The summed E-state index contributed by atoms with van der Waals surface area (Å²) in [6.45, 7) is 0. The SMILES string of the molecule is N#Cc1cc2c(c(C(F)(F)F)c1)Nc1ccccc1S2. The van der Waals surface area contributed by atoms with E-state index in [2.05, 4.69) is 5.32 Å². The standard InChI is InChI=1S/C14H7F3N2S/c15-14(16,17)9-5-8(7-18)6-12-13(9)19-10-3-1-2-4-11(10)20-12/h1-6,19H. The number of benzene rings is 2. The second-order valence-corrected chi connectivity index (χ2v) is 5.31. The van der Waals surface area contributed by atoms with Gasteiger partial charge < -0.3 is 5.32 Å². The molecule has 3 rings (SSSR count). The van der Waals surface area contributed by atoms with E-state index in [9.17, 15) is 13.2 Å². The third-order valence-electron chi connectivity index (χ3n) is 2.90. The molecule has 2 nitrogen and oxygen atoms in total. The molecule has 0 unspecified atom stereocenters. The molecule has 0 radical (unpaired) electrons. The highest BCUT2D eigenvalue weighted by atomic mass is 32.2. The molecule has 0 spiro atoms. The first-order valence-electron chi connectivity index (χ1n) is 5.68. The molecular weight excluding hydrogens is 285 g/mol. The number of anilines is 2. The van der Waals surface area contributed by atoms with E-state index in [1.165, 1.54) is 17.8 Å². The Bertz CT molecular complexity index is 732. The Morgan fingerprint density at radius 2 is 1.85 bits per heavy atom. The van der Waals surface area contributed by atoms with E-state index in [-0.39, 0.29) is 11.3 Å². The van der Waals surface area contributed by atoms with Crippen LogP contribution in [0.15, 0.2) is 46.2 Å². The summed E-state index contributed by atoms with van der Waals surface area (Å²) in [5, 5.41) is 11.7. The lowest BCUT2D eigenvalue weighted by Gasteiger charge is -2.24. The summed E-state index contributed by atoms with van der Waals surface area (Å²) in [7, 11) is 0. The van der Waals surface area contributed by atoms with Crippen molar-refractivity contribution < 1.29 is 13.2 Å². The Kier molecular flexibility index (Phi) is 2.87. The van der Waals surface area contributed by atoms with Crippen molar-refractivity contribution in [3.05, 3.63) is 47.5 Å². The Morgan fingerprint density at radius 3 is 2.55 bits per heavy atom. The molecule has 0 saturated heterocycles. The molecule has 2 aromatic rings. The molecule has 6 heteroatoms. The largest absolute Gasteiger partial charge is 0.418 e. The average Bonchev–Trinajstić information content (AvgIpc) is 2.42. The molecule has 1 heterocycles. The van der Waals surface area contributed by atoms with Crippen LogP contribution in [0.3, 0.4) is 0 Å². The summed E-state index contributed by atoms with van der Waals surface area (Å²) in [6, 6.07) is 11.2. The lowest BCUT2D eigenvalue weighted by molar-refractivity contribution is -0.137. The number of nitriles is 1. The maximum absolute atomic E-state index is 13.1. The van der Waals surface area contributed by atoms with Crippen molar-refractivity contribution in [2.45, 2.75) is 16.0 Å². The Labute approximate surface area is 117 Å². The highest BCUT2D eigenvalue weighted by molar-refractivity contribution is 7.99. The molecule has 1 aliphatic rings. The highest BCUT2D eigenvalue weighted by Gasteiger charge is 2.36. The third-order valence-corrected chi connectivity index (χ3v) is 4.02. The maximum atomic E-state index is 13.1. The first kappa shape index (κ1) is 12.9. The van der Waals surface area contributed by atoms with Gasteiger partial charge in [0.05, 0.1) is 28.6 Å². The summed E-state index contributed by atoms with van der Waals surface area (Å²) >= 11 is 1.23. The van der Waals surface area contributed by atoms with Gasteiger partial charge in [0.25, 0.3) is 0 Å². The topological polar surface area (TPSA) is 35.8 Å². The second kappa shape index (κ2) is 4.46. The second-order valence-electron chi connectivity index (χ2n) is 4.23. The van der Waals surface area contributed by atoms with Gasteiger partial charge in [-0.1, -0.05) is 23.9 Å². The van der Waals surface area contributed by atoms with Gasteiger partial charge in [0, 0.05) is 9.79 Å². The summed E-state index contributed by atoms with van der Waals surface area (Å²) in [5.74, 6) is 0. The van der Waals surface area contributed by atoms with Gasteiger partial charge in [-0.15, -0.1) is 0 Å². The van der Waals surface area contributed by atoms with E-state index in [0.29, 0.717) is 10.6 Å². The number of halogens is 3. The van der Waals surface area contributed by atoms with E-state index >= 15 is 0 Å². The quantitative estimate of drug-likeness (QED) is 0.647. The molecule has 2 aromatic carbocycles. The van der Waals surface area contributed by atoms with Gasteiger partial charge in [-0.3, -0.25) is 0 Å². The van der Waals surface area contributed by atoms with Crippen molar-refractivity contribution in [1.29, 1.82) is 5.26 Å². The van der Waals surface area contributed by atoms with Crippen LogP contribution in [0, 0.1) is 11.3 Å². The Morgan fingerprint density at radius 1 is 1.10 bits per heavy atom. The van der Waals surface area contributed by atoms with Gasteiger partial charge in [-0.25, -0.2) is 0 Å². The number of fused-ring (bicyclic) bond motifs is 2. The zero-order valence-corrected chi connectivity index (χ0v) is 10.8. The first-order chi connectivity index (χ1) is 9.49. The van der Waals surface area contributed by atoms with Gasteiger partial charge in [0.15, 0.2) is 0 Å². The van der Waals surface area contributed by atoms with Gasteiger partial charge >= 0.3 is 6.18 Å². The minimum Gasteiger partial charge on any atom is -0.353 e. The van der Waals surface area contributed by atoms with Crippen molar-refractivity contribution in [2.75, 3.05) is 5.32 Å². The molecule has 0 aromatic heterocycles. The third kappa shape index (κ3) is 2.10. The van der Waals surface area contributed by atoms with Crippen LogP contribution < -0.4 is 5.32 Å².